The van der Waals surface area contributed by atoms with Gasteiger partial charge in [0.1, 0.15) is 12.1 Å². The third-order valence-electron chi connectivity index (χ3n) is 5.64. The van der Waals surface area contributed by atoms with Gasteiger partial charge < -0.3 is 10.6 Å². The molecule has 0 unspecified atom stereocenters. The number of likely N-dealkylation sites (tertiary alicyclic amines) is 1. The summed E-state index contributed by atoms with van der Waals surface area (Å²) in [6.45, 7) is 6.51. The lowest BCUT2D eigenvalue weighted by Gasteiger charge is -2.32. The van der Waals surface area contributed by atoms with Crippen LogP contribution in [0.2, 0.25) is 0 Å². The topological polar surface area (TPSA) is 53.1 Å². The number of rotatable bonds is 5. The summed E-state index contributed by atoms with van der Waals surface area (Å²) in [7, 11) is 0. The minimum atomic E-state index is 0.733. The van der Waals surface area contributed by atoms with E-state index in [2.05, 4.69) is 55.8 Å². The summed E-state index contributed by atoms with van der Waals surface area (Å²) in [4.78, 5) is 11.6. The van der Waals surface area contributed by atoms with Crippen molar-refractivity contribution in [1.82, 2.24) is 20.2 Å². The number of hydrogen-bond donors (Lipinski definition) is 2. The number of nitrogens with one attached hydrogen (secondary N) is 2. The fourth-order valence-electron chi connectivity index (χ4n) is 4.06. The number of benzene rings is 1. The summed E-state index contributed by atoms with van der Waals surface area (Å²) in [5, 5.41) is 7.09. The molecule has 5 nitrogen and oxygen atoms in total. The average Bonchev–Trinajstić information content (AvgIpc) is 2.94. The van der Waals surface area contributed by atoms with E-state index in [-0.39, 0.29) is 0 Å². The SMILES string of the molecule is c1ccc(CN2CCC(CNc3ncnc4c3CCNCC4)CC2)cc1. The van der Waals surface area contributed by atoms with Crippen molar-refractivity contribution < 1.29 is 0 Å². The summed E-state index contributed by atoms with van der Waals surface area (Å²) in [6.07, 6.45) is 6.26. The van der Waals surface area contributed by atoms with Gasteiger partial charge in [-0.2, -0.15) is 0 Å². The molecule has 0 radical (unpaired) electrons. The molecule has 1 aromatic heterocycles. The number of fused-ring (bicyclic) bond motifs is 1. The lowest BCUT2D eigenvalue weighted by atomic mass is 9.96. The lowest BCUT2D eigenvalue weighted by Crippen LogP contribution is -2.35. The van der Waals surface area contributed by atoms with Crippen LogP contribution in [0.5, 0.6) is 0 Å². The zero-order chi connectivity index (χ0) is 17.6. The van der Waals surface area contributed by atoms with Crippen LogP contribution in [0.1, 0.15) is 29.7 Å². The van der Waals surface area contributed by atoms with Crippen molar-refractivity contribution >= 4 is 5.82 Å². The minimum Gasteiger partial charge on any atom is -0.369 e. The first-order valence-corrected chi connectivity index (χ1v) is 9.92. The van der Waals surface area contributed by atoms with E-state index in [9.17, 15) is 0 Å². The van der Waals surface area contributed by atoms with Gasteiger partial charge in [0.05, 0.1) is 5.69 Å². The van der Waals surface area contributed by atoms with E-state index >= 15 is 0 Å². The molecule has 0 atom stereocenters. The molecule has 0 spiro atoms. The van der Waals surface area contributed by atoms with Gasteiger partial charge in [0.2, 0.25) is 0 Å². The van der Waals surface area contributed by atoms with Crippen molar-refractivity contribution in [1.29, 1.82) is 0 Å². The van der Waals surface area contributed by atoms with Crippen LogP contribution in [0, 0.1) is 5.92 Å². The average molecular weight is 351 g/mol. The Hall–Kier alpha value is -1.98. The Kier molecular flexibility index (Phi) is 5.77. The largest absolute Gasteiger partial charge is 0.369 e. The van der Waals surface area contributed by atoms with E-state index in [1.165, 1.54) is 42.8 Å². The number of anilines is 1. The van der Waals surface area contributed by atoms with Crippen molar-refractivity contribution in [2.24, 2.45) is 5.92 Å². The van der Waals surface area contributed by atoms with Crippen LogP contribution in [-0.4, -0.2) is 47.6 Å². The number of hydrogen-bond acceptors (Lipinski definition) is 5. The molecule has 0 bridgehead atoms. The molecule has 1 aromatic carbocycles. The molecule has 5 heteroatoms. The molecule has 26 heavy (non-hydrogen) atoms. The van der Waals surface area contributed by atoms with Crippen LogP contribution in [0.4, 0.5) is 5.82 Å². The molecule has 0 saturated carbocycles. The molecule has 4 rings (SSSR count). The first kappa shape index (κ1) is 17.4. The molecule has 1 fully saturated rings. The maximum atomic E-state index is 4.53. The second-order valence-corrected chi connectivity index (χ2v) is 7.48. The maximum Gasteiger partial charge on any atom is 0.132 e. The molecule has 138 valence electrons. The van der Waals surface area contributed by atoms with Crippen LogP contribution in [0.15, 0.2) is 36.7 Å². The Morgan fingerprint density at radius 3 is 2.69 bits per heavy atom. The summed E-state index contributed by atoms with van der Waals surface area (Å²) in [5.74, 6) is 1.79. The highest BCUT2D eigenvalue weighted by Crippen LogP contribution is 2.22. The second kappa shape index (κ2) is 8.60. The standard InChI is InChI=1S/C21H29N5/c1-2-4-18(5-3-1)15-26-12-8-17(9-13-26)14-23-21-19-6-10-22-11-7-20(19)24-16-25-21/h1-5,16-17,22H,6-15H2,(H,23,24,25). The fourth-order valence-corrected chi connectivity index (χ4v) is 4.06. The molecule has 2 aromatic rings. The van der Waals surface area contributed by atoms with Crippen LogP contribution >= 0.6 is 0 Å². The summed E-state index contributed by atoms with van der Waals surface area (Å²) < 4.78 is 0. The van der Waals surface area contributed by atoms with E-state index in [0.29, 0.717) is 0 Å². The molecule has 2 N–H and O–H groups in total. The maximum absolute atomic E-state index is 4.53. The van der Waals surface area contributed by atoms with E-state index < -0.39 is 0 Å². The summed E-state index contributed by atoms with van der Waals surface area (Å²) >= 11 is 0. The third-order valence-corrected chi connectivity index (χ3v) is 5.64. The van der Waals surface area contributed by atoms with Gasteiger partial charge in [-0.3, -0.25) is 4.90 Å². The highest BCUT2D eigenvalue weighted by molar-refractivity contribution is 5.46. The Balaban J connectivity index is 1.28. The van der Waals surface area contributed by atoms with Gasteiger partial charge >= 0.3 is 0 Å². The van der Waals surface area contributed by atoms with Gasteiger partial charge in [-0.25, -0.2) is 9.97 Å². The molecule has 2 aliphatic heterocycles. The number of aromatic nitrogens is 2. The molecule has 0 amide bonds. The van der Waals surface area contributed by atoms with Crippen molar-refractivity contribution in [2.75, 3.05) is 38.0 Å². The van der Waals surface area contributed by atoms with E-state index in [0.717, 1.165) is 50.8 Å². The number of nitrogens with zero attached hydrogens (tertiary/aromatic N) is 3. The summed E-state index contributed by atoms with van der Waals surface area (Å²) in [6, 6.07) is 10.8. The van der Waals surface area contributed by atoms with Crippen molar-refractivity contribution in [2.45, 2.75) is 32.2 Å². The molecule has 2 aliphatic rings. The van der Waals surface area contributed by atoms with E-state index in [1.807, 2.05) is 0 Å². The number of piperidine rings is 1. The van der Waals surface area contributed by atoms with Crippen LogP contribution < -0.4 is 10.6 Å². The molecule has 3 heterocycles. The molecule has 0 aliphatic carbocycles. The van der Waals surface area contributed by atoms with Crippen LogP contribution in [0.25, 0.3) is 0 Å². The van der Waals surface area contributed by atoms with E-state index in [1.54, 1.807) is 6.33 Å². The van der Waals surface area contributed by atoms with Gasteiger partial charge in [-0.1, -0.05) is 30.3 Å². The Labute approximate surface area is 156 Å². The zero-order valence-corrected chi connectivity index (χ0v) is 15.5. The second-order valence-electron chi connectivity index (χ2n) is 7.48. The highest BCUT2D eigenvalue weighted by Gasteiger charge is 2.20. The van der Waals surface area contributed by atoms with Crippen LogP contribution in [-0.2, 0) is 19.4 Å². The molecular weight excluding hydrogens is 322 g/mol. The summed E-state index contributed by atoms with van der Waals surface area (Å²) in [5.41, 5.74) is 3.95. The predicted molar refractivity (Wildman–Crippen MR) is 105 cm³/mol. The molecule has 1 saturated heterocycles. The van der Waals surface area contributed by atoms with Crippen molar-refractivity contribution in [3.05, 3.63) is 53.5 Å². The van der Waals surface area contributed by atoms with Crippen molar-refractivity contribution in [3.63, 3.8) is 0 Å². The smallest absolute Gasteiger partial charge is 0.132 e. The van der Waals surface area contributed by atoms with Gasteiger partial charge in [-0.05, 0) is 50.4 Å². The Bertz CT molecular complexity index is 695. The Morgan fingerprint density at radius 2 is 1.85 bits per heavy atom. The first-order chi connectivity index (χ1) is 12.9. The fraction of sp³-hybridized carbons (Fsp3) is 0.524. The van der Waals surface area contributed by atoms with Gasteiger partial charge in [0.15, 0.2) is 0 Å². The third kappa shape index (κ3) is 4.40. The van der Waals surface area contributed by atoms with Gasteiger partial charge in [0, 0.05) is 31.6 Å². The van der Waals surface area contributed by atoms with Gasteiger partial charge in [0.25, 0.3) is 0 Å². The highest BCUT2D eigenvalue weighted by atomic mass is 15.1. The Morgan fingerprint density at radius 1 is 1.04 bits per heavy atom. The molecular formula is C21H29N5. The first-order valence-electron chi connectivity index (χ1n) is 9.92. The zero-order valence-electron chi connectivity index (χ0n) is 15.5. The van der Waals surface area contributed by atoms with Crippen LogP contribution in [0.3, 0.4) is 0 Å². The lowest BCUT2D eigenvalue weighted by molar-refractivity contribution is 0.182. The monoisotopic (exact) mass is 351 g/mol. The predicted octanol–water partition coefficient (Wildman–Crippen LogP) is 2.49. The minimum absolute atomic E-state index is 0.733. The normalized spacial score (nSPS) is 18.9. The van der Waals surface area contributed by atoms with E-state index in [4.69, 9.17) is 0 Å². The van der Waals surface area contributed by atoms with Crippen molar-refractivity contribution in [3.8, 4) is 0 Å². The van der Waals surface area contributed by atoms with Gasteiger partial charge in [-0.15, -0.1) is 0 Å². The quantitative estimate of drug-likeness (QED) is 0.867.